The van der Waals surface area contributed by atoms with Crippen LogP contribution in [0.25, 0.3) is 0 Å². The van der Waals surface area contributed by atoms with Gasteiger partial charge in [-0.15, -0.1) is 13.2 Å². The summed E-state index contributed by atoms with van der Waals surface area (Å²) in [6.45, 7) is 20.5. The van der Waals surface area contributed by atoms with E-state index in [-0.39, 0.29) is 29.7 Å². The zero-order valence-electron chi connectivity index (χ0n) is 27.1. The Bertz CT molecular complexity index is 1240. The smallest absolute Gasteiger partial charge is 0.249 e. The van der Waals surface area contributed by atoms with Crippen LogP contribution in [-0.2, 0) is 19.1 Å². The fourth-order valence-corrected chi connectivity index (χ4v) is 8.50. The van der Waals surface area contributed by atoms with Crippen molar-refractivity contribution in [1.29, 1.82) is 0 Å². The molecule has 236 valence electrons. The Labute approximate surface area is 257 Å². The summed E-state index contributed by atoms with van der Waals surface area (Å²) < 4.78 is 7.00. The molecule has 0 aromatic heterocycles. The molecule has 3 aliphatic heterocycles. The molecule has 2 unspecified atom stereocenters. The van der Waals surface area contributed by atoms with E-state index in [9.17, 15) is 14.7 Å². The van der Waals surface area contributed by atoms with Crippen LogP contribution in [0.5, 0.6) is 0 Å². The molecule has 3 heterocycles. The standard InChI is InChI=1S/C35H51N3O5/c1-10-20-36(9)29(40)26-27-30(41)38(25(22-39)24-16-14-13-15-17-24)28(35(27)19-18-34(26,12-3)43-35)31(42)37(21-11-2)33(7,8)23-32(4,5)6/h10-11,13-17,25-28,39H,1-2,12,18-23H2,3-9H3/t25-,26+,27+,28?,34-,35?/m1/s1. The maximum atomic E-state index is 15.1. The van der Waals surface area contributed by atoms with Crippen molar-refractivity contribution in [3.63, 3.8) is 0 Å². The van der Waals surface area contributed by atoms with Gasteiger partial charge >= 0.3 is 0 Å². The number of aliphatic hydroxyl groups excluding tert-OH is 1. The zero-order chi connectivity index (χ0) is 32.0. The molecular formula is C35H51N3O5. The number of likely N-dealkylation sites (N-methyl/N-ethyl adjacent to an activating group) is 1. The van der Waals surface area contributed by atoms with Gasteiger partial charge in [0.15, 0.2) is 0 Å². The lowest BCUT2D eigenvalue weighted by atomic mass is 9.64. The van der Waals surface area contributed by atoms with E-state index < -0.39 is 40.7 Å². The number of hydrogen-bond donors (Lipinski definition) is 1. The summed E-state index contributed by atoms with van der Waals surface area (Å²) in [5.74, 6) is -2.31. The van der Waals surface area contributed by atoms with Gasteiger partial charge < -0.3 is 24.5 Å². The van der Waals surface area contributed by atoms with Crippen molar-refractivity contribution in [2.75, 3.05) is 26.7 Å². The normalized spacial score (nSPS) is 28.9. The highest BCUT2D eigenvalue weighted by Crippen LogP contribution is 2.65. The second-order valence-corrected chi connectivity index (χ2v) is 14.5. The van der Waals surface area contributed by atoms with Crippen LogP contribution >= 0.6 is 0 Å². The first-order chi connectivity index (χ1) is 20.1. The van der Waals surface area contributed by atoms with Crippen molar-refractivity contribution in [3.05, 3.63) is 61.2 Å². The summed E-state index contributed by atoms with van der Waals surface area (Å²) >= 11 is 0. The topological polar surface area (TPSA) is 90.4 Å². The third kappa shape index (κ3) is 5.46. The lowest BCUT2D eigenvalue weighted by Crippen LogP contribution is -2.61. The number of amides is 3. The molecule has 1 spiro atoms. The van der Waals surface area contributed by atoms with Gasteiger partial charge in [-0.05, 0) is 50.5 Å². The summed E-state index contributed by atoms with van der Waals surface area (Å²) in [6, 6.07) is 7.52. The molecule has 3 aliphatic rings. The van der Waals surface area contributed by atoms with Crippen LogP contribution in [-0.4, -0.2) is 87.1 Å². The average molecular weight is 594 g/mol. The minimum absolute atomic E-state index is 0.0747. The number of hydrogen-bond acceptors (Lipinski definition) is 5. The first-order valence-corrected chi connectivity index (χ1v) is 15.6. The molecule has 3 amide bonds. The van der Waals surface area contributed by atoms with Gasteiger partial charge in [-0.25, -0.2) is 0 Å². The lowest BCUT2D eigenvalue weighted by Gasteiger charge is -2.46. The zero-order valence-corrected chi connectivity index (χ0v) is 27.1. The Morgan fingerprint density at radius 3 is 2.26 bits per heavy atom. The number of benzene rings is 1. The summed E-state index contributed by atoms with van der Waals surface area (Å²) in [5, 5.41) is 10.8. The summed E-state index contributed by atoms with van der Waals surface area (Å²) in [6.07, 6.45) is 5.70. The molecule has 1 aromatic rings. The number of rotatable bonds is 12. The molecule has 3 saturated heterocycles. The van der Waals surface area contributed by atoms with E-state index in [0.29, 0.717) is 38.8 Å². The Balaban J connectivity index is 1.92. The van der Waals surface area contributed by atoms with Crippen LogP contribution in [0.4, 0.5) is 0 Å². The molecule has 4 rings (SSSR count). The quantitative estimate of drug-likeness (QED) is 0.354. The second kappa shape index (κ2) is 11.8. The summed E-state index contributed by atoms with van der Waals surface area (Å²) in [7, 11) is 1.72. The van der Waals surface area contributed by atoms with E-state index in [2.05, 4.69) is 33.9 Å². The molecule has 2 bridgehead atoms. The Morgan fingerprint density at radius 1 is 1.09 bits per heavy atom. The SMILES string of the molecule is C=CCN(C)C(=O)[C@@H]1[C@H]2C(=O)N([C@H](CO)c3ccccc3)C(C(=O)N(CC=C)C(C)(C)CC(C)(C)C)C23CC[C@@]1(CC)O3. The molecule has 8 heteroatoms. The number of fused-ring (bicyclic) bond motifs is 1. The summed E-state index contributed by atoms with van der Waals surface area (Å²) in [5.41, 5.74) is -1.97. The van der Waals surface area contributed by atoms with Crippen LogP contribution in [0.1, 0.15) is 78.8 Å². The Morgan fingerprint density at radius 2 is 1.72 bits per heavy atom. The van der Waals surface area contributed by atoms with Crippen molar-refractivity contribution in [3.8, 4) is 0 Å². The van der Waals surface area contributed by atoms with Crippen molar-refractivity contribution in [2.24, 2.45) is 17.3 Å². The van der Waals surface area contributed by atoms with E-state index in [1.54, 1.807) is 29.0 Å². The van der Waals surface area contributed by atoms with Crippen LogP contribution in [0, 0.1) is 17.3 Å². The molecule has 0 radical (unpaired) electrons. The van der Waals surface area contributed by atoms with Gasteiger partial charge in [-0.2, -0.15) is 0 Å². The lowest BCUT2D eigenvalue weighted by molar-refractivity contribution is -0.161. The summed E-state index contributed by atoms with van der Waals surface area (Å²) in [4.78, 5) is 49.0. The van der Waals surface area contributed by atoms with E-state index >= 15 is 4.79 Å². The maximum absolute atomic E-state index is 15.1. The predicted molar refractivity (Wildman–Crippen MR) is 168 cm³/mol. The first kappa shape index (κ1) is 32.9. The molecular weight excluding hydrogens is 542 g/mol. The number of ether oxygens (including phenoxy) is 1. The van der Waals surface area contributed by atoms with Gasteiger partial charge in [0.25, 0.3) is 0 Å². The fraction of sp³-hybridized carbons (Fsp3) is 0.629. The first-order valence-electron chi connectivity index (χ1n) is 15.6. The number of aliphatic hydroxyl groups is 1. The Kier molecular flexibility index (Phi) is 9.07. The van der Waals surface area contributed by atoms with Gasteiger partial charge in [0.1, 0.15) is 11.6 Å². The number of carbonyl (C=O) groups is 3. The molecule has 8 nitrogen and oxygen atoms in total. The van der Waals surface area contributed by atoms with Crippen LogP contribution < -0.4 is 0 Å². The van der Waals surface area contributed by atoms with Gasteiger partial charge in [-0.1, -0.05) is 70.2 Å². The average Bonchev–Trinajstić information content (AvgIpc) is 3.54. The van der Waals surface area contributed by atoms with E-state index in [4.69, 9.17) is 4.74 Å². The number of nitrogens with zero attached hydrogens (tertiary/aromatic N) is 3. The van der Waals surface area contributed by atoms with E-state index in [1.165, 1.54) is 0 Å². The highest BCUT2D eigenvalue weighted by molar-refractivity contribution is 5.99. The molecule has 0 saturated carbocycles. The van der Waals surface area contributed by atoms with Crippen LogP contribution in [0.15, 0.2) is 55.6 Å². The van der Waals surface area contributed by atoms with Gasteiger partial charge in [0, 0.05) is 25.7 Å². The second-order valence-electron chi connectivity index (χ2n) is 14.5. The monoisotopic (exact) mass is 593 g/mol. The van der Waals surface area contributed by atoms with E-state index in [0.717, 1.165) is 5.56 Å². The number of carbonyl (C=O) groups excluding carboxylic acids is 3. The highest BCUT2D eigenvalue weighted by atomic mass is 16.5. The van der Waals surface area contributed by atoms with Gasteiger partial charge in [0.05, 0.1) is 30.1 Å². The Hall–Kier alpha value is -2.97. The van der Waals surface area contributed by atoms with Gasteiger partial charge in [-0.3, -0.25) is 14.4 Å². The number of likely N-dealkylation sites (tertiary alicyclic amines) is 1. The largest absolute Gasteiger partial charge is 0.394 e. The molecule has 6 atom stereocenters. The molecule has 1 N–H and O–H groups in total. The van der Waals surface area contributed by atoms with Crippen LogP contribution in [0.3, 0.4) is 0 Å². The maximum Gasteiger partial charge on any atom is 0.249 e. The molecule has 0 aliphatic carbocycles. The molecule has 1 aromatic carbocycles. The third-order valence-corrected chi connectivity index (χ3v) is 9.86. The minimum atomic E-state index is -1.20. The molecule has 3 fully saturated rings. The van der Waals surface area contributed by atoms with Gasteiger partial charge in [0.2, 0.25) is 17.7 Å². The fourth-order valence-electron chi connectivity index (χ4n) is 8.50. The minimum Gasteiger partial charge on any atom is -0.394 e. The predicted octanol–water partition coefficient (Wildman–Crippen LogP) is 4.75. The van der Waals surface area contributed by atoms with Crippen molar-refractivity contribution >= 4 is 17.7 Å². The highest BCUT2D eigenvalue weighted by Gasteiger charge is 2.79. The van der Waals surface area contributed by atoms with Crippen molar-refractivity contribution in [2.45, 2.75) is 96.1 Å². The third-order valence-electron chi connectivity index (χ3n) is 9.86. The molecule has 43 heavy (non-hydrogen) atoms. The van der Waals surface area contributed by atoms with Crippen LogP contribution in [0.2, 0.25) is 0 Å². The van der Waals surface area contributed by atoms with E-state index in [1.807, 2.05) is 56.0 Å². The van der Waals surface area contributed by atoms with Crippen molar-refractivity contribution in [1.82, 2.24) is 14.7 Å². The van der Waals surface area contributed by atoms with Crippen molar-refractivity contribution < 1.29 is 24.2 Å².